The molecule has 0 heterocycles. The number of hydrogen-bond acceptors (Lipinski definition) is 5. The van der Waals surface area contributed by atoms with E-state index in [4.69, 9.17) is 9.47 Å². The monoisotopic (exact) mass is 347 g/mol. The number of benzene rings is 1. The van der Waals surface area contributed by atoms with Gasteiger partial charge in [-0.25, -0.2) is 4.79 Å². The molecule has 1 atom stereocenters. The molecule has 5 nitrogen and oxygen atoms in total. The van der Waals surface area contributed by atoms with Crippen molar-refractivity contribution < 1.29 is 23.9 Å². The fourth-order valence-electron chi connectivity index (χ4n) is 2.27. The van der Waals surface area contributed by atoms with Crippen LogP contribution in [0.15, 0.2) is 18.2 Å². The number of unbranched alkanes of at least 4 members (excludes halogenated alkanes) is 4. The zero-order valence-corrected chi connectivity index (χ0v) is 15.3. The minimum Gasteiger partial charge on any atom is -0.431 e. The molecule has 1 aromatic rings. The summed E-state index contributed by atoms with van der Waals surface area (Å²) in [5.41, 5.74) is 0.467. The summed E-state index contributed by atoms with van der Waals surface area (Å²) < 4.78 is 10.0. The second kappa shape index (κ2) is 11.4. The van der Waals surface area contributed by atoms with Crippen molar-refractivity contribution in [3.8, 4) is 5.75 Å². The van der Waals surface area contributed by atoms with E-state index in [1.54, 1.807) is 19.3 Å². The number of ether oxygens (including phenoxy) is 2. The molecular weight excluding hydrogens is 320 g/mol. The van der Waals surface area contributed by atoms with Gasteiger partial charge in [0, 0.05) is 12.0 Å². The van der Waals surface area contributed by atoms with E-state index in [1.807, 2.05) is 6.92 Å². The Balaban J connectivity index is 2.66. The molecule has 1 rings (SSSR count). The zero-order chi connectivity index (χ0) is 18.7. The fraction of sp³-hybridized carbons (Fsp3) is 0.550. The van der Waals surface area contributed by atoms with Gasteiger partial charge in [0.1, 0.15) is 11.9 Å². The summed E-state index contributed by atoms with van der Waals surface area (Å²) in [5.74, 6) is 0.0181. The van der Waals surface area contributed by atoms with Gasteiger partial charge >= 0.3 is 6.16 Å². The summed E-state index contributed by atoms with van der Waals surface area (Å²) in [4.78, 5) is 35.0. The van der Waals surface area contributed by atoms with E-state index in [-0.39, 0.29) is 23.2 Å². The maximum absolute atomic E-state index is 12.2. The van der Waals surface area contributed by atoms with Crippen LogP contribution in [0.25, 0.3) is 0 Å². The number of rotatable bonds is 11. The number of ketones is 1. The third-order valence-electron chi connectivity index (χ3n) is 3.98. The van der Waals surface area contributed by atoms with Crippen LogP contribution in [0.3, 0.4) is 0 Å². The van der Waals surface area contributed by atoms with Gasteiger partial charge in [0.2, 0.25) is 6.29 Å². The molecule has 0 spiro atoms. The fourth-order valence-corrected chi connectivity index (χ4v) is 2.27. The van der Waals surface area contributed by atoms with Crippen LogP contribution in [-0.4, -0.2) is 24.3 Å². The van der Waals surface area contributed by atoms with Gasteiger partial charge in [0.15, 0.2) is 5.78 Å². The second-order valence-electron chi connectivity index (χ2n) is 6.09. The highest BCUT2D eigenvalue weighted by Crippen LogP contribution is 2.21. The molecule has 0 aliphatic rings. The van der Waals surface area contributed by atoms with E-state index in [0.29, 0.717) is 18.4 Å². The van der Waals surface area contributed by atoms with Crippen LogP contribution in [-0.2, 0) is 9.53 Å². The second-order valence-corrected chi connectivity index (χ2v) is 6.09. The molecule has 1 radical (unpaired) electrons. The summed E-state index contributed by atoms with van der Waals surface area (Å²) in [7, 11) is 0. The number of Topliss-reactive ketones (excluding diaryl/α,β-unsaturated/α-hetero) is 1. The number of carbonyl (C=O) groups excluding carboxylic acids is 3. The molecule has 1 aromatic carbocycles. The quantitative estimate of drug-likeness (QED) is 0.244. The lowest BCUT2D eigenvalue weighted by molar-refractivity contribution is 0.0643. The number of carbonyl (C=O) groups is 2. The van der Waals surface area contributed by atoms with Crippen LogP contribution >= 0.6 is 0 Å². The van der Waals surface area contributed by atoms with Crippen molar-refractivity contribution in [3.05, 3.63) is 29.3 Å². The van der Waals surface area contributed by atoms with Gasteiger partial charge in [-0.1, -0.05) is 39.5 Å². The predicted octanol–water partition coefficient (Wildman–Crippen LogP) is 5.00. The van der Waals surface area contributed by atoms with Crippen molar-refractivity contribution in [3.63, 3.8) is 0 Å². The van der Waals surface area contributed by atoms with Crippen molar-refractivity contribution in [2.24, 2.45) is 0 Å². The molecule has 137 valence electrons. The summed E-state index contributed by atoms with van der Waals surface area (Å²) in [6.07, 6.45) is 6.99. The Bertz CT molecular complexity index is 579. The van der Waals surface area contributed by atoms with Crippen LogP contribution in [0.2, 0.25) is 0 Å². The maximum Gasteiger partial charge on any atom is 0.514 e. The summed E-state index contributed by atoms with van der Waals surface area (Å²) >= 11 is 0. The topological polar surface area (TPSA) is 69.7 Å². The average molecular weight is 347 g/mol. The van der Waals surface area contributed by atoms with E-state index < -0.39 is 6.16 Å². The molecule has 0 saturated carbocycles. The zero-order valence-electron chi connectivity index (χ0n) is 15.3. The van der Waals surface area contributed by atoms with Crippen LogP contribution in [0.4, 0.5) is 4.79 Å². The molecule has 0 N–H and O–H groups in total. The number of hydrogen-bond donors (Lipinski definition) is 0. The van der Waals surface area contributed by atoms with Crippen molar-refractivity contribution in [2.45, 2.75) is 71.8 Å². The first-order valence-corrected chi connectivity index (χ1v) is 8.95. The highest BCUT2D eigenvalue weighted by atomic mass is 16.7. The van der Waals surface area contributed by atoms with E-state index in [1.165, 1.54) is 18.6 Å². The Morgan fingerprint density at radius 3 is 2.48 bits per heavy atom. The van der Waals surface area contributed by atoms with E-state index in [2.05, 4.69) is 6.92 Å². The predicted molar refractivity (Wildman–Crippen MR) is 95.8 cm³/mol. The maximum atomic E-state index is 12.2. The minimum absolute atomic E-state index is 0.0262. The normalized spacial score (nSPS) is 11.6. The van der Waals surface area contributed by atoms with Crippen LogP contribution in [0.1, 0.15) is 81.6 Å². The smallest absolute Gasteiger partial charge is 0.431 e. The molecule has 25 heavy (non-hydrogen) atoms. The SMILES string of the molecule is CCCCCCCC(=O)c1ccc(OC(=O)OC(C)CC)c([C]=O)c1. The molecule has 5 heteroatoms. The van der Waals surface area contributed by atoms with Gasteiger partial charge in [-0.15, -0.1) is 0 Å². The van der Waals surface area contributed by atoms with Crippen LogP contribution in [0.5, 0.6) is 5.75 Å². The molecule has 0 bridgehead atoms. The van der Waals surface area contributed by atoms with E-state index in [9.17, 15) is 14.4 Å². The third-order valence-corrected chi connectivity index (χ3v) is 3.98. The Kier molecular flexibility index (Phi) is 9.51. The van der Waals surface area contributed by atoms with Crippen LogP contribution < -0.4 is 4.74 Å². The van der Waals surface area contributed by atoms with Gasteiger partial charge in [0.05, 0.1) is 5.56 Å². The van der Waals surface area contributed by atoms with Gasteiger partial charge < -0.3 is 9.47 Å². The van der Waals surface area contributed by atoms with Gasteiger partial charge in [-0.2, -0.15) is 0 Å². The Morgan fingerprint density at radius 2 is 1.84 bits per heavy atom. The lowest BCUT2D eigenvalue weighted by Crippen LogP contribution is -2.18. The molecule has 0 saturated heterocycles. The van der Waals surface area contributed by atoms with E-state index >= 15 is 0 Å². The Morgan fingerprint density at radius 1 is 1.12 bits per heavy atom. The first kappa shape index (κ1) is 20.9. The van der Waals surface area contributed by atoms with Gasteiger partial charge in [0.25, 0.3) is 0 Å². The van der Waals surface area contributed by atoms with Gasteiger partial charge in [-0.3, -0.25) is 9.59 Å². The van der Waals surface area contributed by atoms with E-state index in [0.717, 1.165) is 25.7 Å². The molecule has 0 aliphatic carbocycles. The largest absolute Gasteiger partial charge is 0.514 e. The van der Waals surface area contributed by atoms with Crippen molar-refractivity contribution in [2.75, 3.05) is 0 Å². The average Bonchev–Trinajstić information content (AvgIpc) is 2.61. The molecule has 0 fully saturated rings. The molecule has 0 aromatic heterocycles. The standard InChI is InChI=1S/C20H27O5/c1-4-6-7-8-9-10-18(22)16-11-12-19(17(13-16)14-21)25-20(23)24-15(3)5-2/h11-13,15H,4-10H2,1-3H3. The first-order chi connectivity index (χ1) is 12.0. The highest BCUT2D eigenvalue weighted by molar-refractivity contribution is 5.98. The first-order valence-electron chi connectivity index (χ1n) is 8.95. The van der Waals surface area contributed by atoms with Crippen molar-refractivity contribution >= 4 is 18.2 Å². The Labute approximate surface area is 149 Å². The molecule has 0 aliphatic heterocycles. The minimum atomic E-state index is -0.874. The Hall–Kier alpha value is -2.17. The molecule has 1 unspecified atom stereocenters. The van der Waals surface area contributed by atoms with Crippen molar-refractivity contribution in [1.82, 2.24) is 0 Å². The van der Waals surface area contributed by atoms with Crippen molar-refractivity contribution in [1.29, 1.82) is 0 Å². The summed E-state index contributed by atoms with van der Waals surface area (Å²) in [6, 6.07) is 4.40. The third kappa shape index (κ3) is 7.50. The molecular formula is C20H27O5. The lowest BCUT2D eigenvalue weighted by Gasteiger charge is -2.12. The highest BCUT2D eigenvalue weighted by Gasteiger charge is 2.15. The lowest BCUT2D eigenvalue weighted by atomic mass is 10.0. The van der Waals surface area contributed by atoms with Crippen LogP contribution in [0, 0.1) is 0 Å². The summed E-state index contributed by atoms with van der Waals surface area (Å²) in [5, 5.41) is 0. The molecule has 0 amide bonds. The summed E-state index contributed by atoms with van der Waals surface area (Å²) in [6.45, 7) is 5.77. The van der Waals surface area contributed by atoms with Gasteiger partial charge in [-0.05, 0) is 38.0 Å².